The van der Waals surface area contributed by atoms with Crippen molar-refractivity contribution in [2.75, 3.05) is 18.5 Å². The molecule has 4 N–H and O–H groups in total. The van der Waals surface area contributed by atoms with Crippen LogP contribution in [-0.4, -0.2) is 76.9 Å². The first kappa shape index (κ1) is 31.8. The van der Waals surface area contributed by atoms with Crippen LogP contribution < -0.4 is 16.0 Å². The lowest BCUT2D eigenvalue weighted by molar-refractivity contribution is -0.145. The molecule has 12 heteroatoms. The number of ether oxygens (including phenoxy) is 2. The van der Waals surface area contributed by atoms with Gasteiger partial charge in [-0.05, 0) is 43.7 Å². The molecule has 2 bridgehead atoms. The zero-order chi connectivity index (χ0) is 31.0. The SMILES string of the molecule is C=C[C@@H]1C[C@]1(NC(=O)[C@@H]1C[C@@H]2CN1C(=O)[C@H](CCCC)NC(=O)OCCCCCCc1ccccc1NC(=O)O2)C(=O)O. The fourth-order valence-electron chi connectivity index (χ4n) is 5.83. The zero-order valence-electron chi connectivity index (χ0n) is 24.6. The van der Waals surface area contributed by atoms with Gasteiger partial charge in [0.15, 0.2) is 0 Å². The number of nitrogens with one attached hydrogen (secondary N) is 3. The number of hydrogen-bond acceptors (Lipinski definition) is 7. The monoisotopic (exact) mass is 598 g/mol. The second kappa shape index (κ2) is 14.4. The molecule has 12 nitrogen and oxygen atoms in total. The molecule has 4 amide bonds. The lowest BCUT2D eigenvalue weighted by Crippen LogP contribution is -2.56. The van der Waals surface area contributed by atoms with Gasteiger partial charge in [-0.3, -0.25) is 14.9 Å². The maximum absolute atomic E-state index is 13.9. The van der Waals surface area contributed by atoms with Crippen LogP contribution in [0.25, 0.3) is 0 Å². The summed E-state index contributed by atoms with van der Waals surface area (Å²) in [7, 11) is 0. The number of benzene rings is 1. The van der Waals surface area contributed by atoms with Gasteiger partial charge in [-0.25, -0.2) is 14.4 Å². The first-order chi connectivity index (χ1) is 20.7. The Bertz CT molecular complexity index is 1220. The van der Waals surface area contributed by atoms with Crippen molar-refractivity contribution in [2.24, 2.45) is 5.92 Å². The molecular weight excluding hydrogens is 556 g/mol. The normalized spacial score (nSPS) is 28.4. The summed E-state index contributed by atoms with van der Waals surface area (Å²) in [4.78, 5) is 66.4. The van der Waals surface area contributed by atoms with E-state index in [0.29, 0.717) is 24.9 Å². The molecule has 2 aliphatic heterocycles. The van der Waals surface area contributed by atoms with E-state index in [4.69, 9.17) is 9.47 Å². The molecule has 1 aromatic carbocycles. The molecule has 43 heavy (non-hydrogen) atoms. The van der Waals surface area contributed by atoms with Crippen LogP contribution in [0.1, 0.15) is 70.3 Å². The number of aryl methyl sites for hydroxylation is 1. The van der Waals surface area contributed by atoms with E-state index >= 15 is 0 Å². The Morgan fingerprint density at radius 1 is 1.16 bits per heavy atom. The molecule has 0 spiro atoms. The fraction of sp³-hybridized carbons (Fsp3) is 0.581. The van der Waals surface area contributed by atoms with Crippen LogP contribution in [0.15, 0.2) is 36.9 Å². The number of rotatable bonds is 7. The highest BCUT2D eigenvalue weighted by Gasteiger charge is 2.61. The number of para-hydroxylation sites is 1. The van der Waals surface area contributed by atoms with Crippen LogP contribution in [0, 0.1) is 5.92 Å². The molecule has 1 aromatic rings. The van der Waals surface area contributed by atoms with Gasteiger partial charge in [0.25, 0.3) is 0 Å². The van der Waals surface area contributed by atoms with Crippen LogP contribution in [0.3, 0.4) is 0 Å². The number of fused-ring (bicyclic) bond motifs is 3. The topological polar surface area (TPSA) is 163 Å². The van der Waals surface area contributed by atoms with Crippen molar-refractivity contribution in [3.63, 3.8) is 0 Å². The van der Waals surface area contributed by atoms with Gasteiger partial charge >= 0.3 is 18.2 Å². The third kappa shape index (κ3) is 7.85. The van der Waals surface area contributed by atoms with Crippen LogP contribution in [-0.2, 0) is 30.3 Å². The number of carboxylic acid groups (broad SMARTS) is 1. The molecule has 2 heterocycles. The Balaban J connectivity index is 1.59. The van der Waals surface area contributed by atoms with Gasteiger partial charge in [0, 0.05) is 18.0 Å². The Morgan fingerprint density at radius 3 is 2.65 bits per heavy atom. The molecule has 234 valence electrons. The highest BCUT2D eigenvalue weighted by molar-refractivity contribution is 5.96. The fourth-order valence-corrected chi connectivity index (χ4v) is 5.83. The van der Waals surface area contributed by atoms with Gasteiger partial charge < -0.3 is 30.1 Å². The molecule has 0 unspecified atom stereocenters. The highest BCUT2D eigenvalue weighted by Crippen LogP contribution is 2.45. The smallest absolute Gasteiger partial charge is 0.411 e. The quantitative estimate of drug-likeness (QED) is 0.345. The molecule has 1 saturated heterocycles. The number of anilines is 1. The highest BCUT2D eigenvalue weighted by atomic mass is 16.6. The number of unbranched alkanes of at least 4 members (excludes halogenated alkanes) is 1. The summed E-state index contributed by atoms with van der Waals surface area (Å²) >= 11 is 0. The van der Waals surface area contributed by atoms with Gasteiger partial charge in [0.05, 0.1) is 13.2 Å². The lowest BCUT2D eigenvalue weighted by atomic mass is 10.0. The van der Waals surface area contributed by atoms with Gasteiger partial charge in [-0.1, -0.05) is 56.9 Å². The summed E-state index contributed by atoms with van der Waals surface area (Å²) in [5.41, 5.74) is 0.0748. The number of carbonyl (C=O) groups excluding carboxylic acids is 4. The van der Waals surface area contributed by atoms with Crippen molar-refractivity contribution >= 4 is 35.7 Å². The zero-order valence-corrected chi connectivity index (χ0v) is 24.6. The average Bonchev–Trinajstić information content (AvgIpc) is 3.54. The molecule has 3 aliphatic rings. The van der Waals surface area contributed by atoms with Gasteiger partial charge in [-0.15, -0.1) is 6.58 Å². The molecular formula is C31H42N4O8. The summed E-state index contributed by atoms with van der Waals surface area (Å²) in [5.74, 6) is -2.83. The van der Waals surface area contributed by atoms with E-state index in [9.17, 15) is 29.1 Å². The number of carbonyl (C=O) groups is 5. The second-order valence-electron chi connectivity index (χ2n) is 11.5. The summed E-state index contributed by atoms with van der Waals surface area (Å²) in [5, 5.41) is 17.9. The largest absolute Gasteiger partial charge is 0.479 e. The van der Waals surface area contributed by atoms with Crippen molar-refractivity contribution in [3.8, 4) is 0 Å². The summed E-state index contributed by atoms with van der Waals surface area (Å²) in [6.45, 7) is 5.72. The summed E-state index contributed by atoms with van der Waals surface area (Å²) < 4.78 is 11.1. The van der Waals surface area contributed by atoms with Crippen molar-refractivity contribution in [3.05, 3.63) is 42.5 Å². The Hall–Kier alpha value is -4.09. The van der Waals surface area contributed by atoms with Crippen molar-refractivity contribution in [2.45, 2.75) is 94.9 Å². The number of carboxylic acids is 1. The van der Waals surface area contributed by atoms with Crippen LogP contribution >= 0.6 is 0 Å². The minimum atomic E-state index is -1.50. The number of hydrogen-bond donors (Lipinski definition) is 4. The number of amides is 4. The molecule has 0 aromatic heterocycles. The standard InChI is InChI=1S/C31H42N4O8/c1-3-5-14-24-27(37)35-19-22(17-25(35)26(36)34-31(28(38)39)18-21(31)4-2)43-30(41)32-23-15-10-9-13-20(23)12-8-6-7-11-16-42-29(40)33-24/h4,9-10,13,15,21-22,24-25H,2-3,5-8,11-12,14,16-19H2,1H3,(H,32,41)(H,33,40)(H,34,36)(H,38,39)/t21-,22-,24+,25+,31-/m1/s1. The number of alkyl carbamates (subject to hydrolysis) is 1. The van der Waals surface area contributed by atoms with E-state index in [1.165, 1.54) is 11.0 Å². The molecule has 0 radical (unpaired) electrons. The Kier molecular flexibility index (Phi) is 10.7. The van der Waals surface area contributed by atoms with Gasteiger partial charge in [-0.2, -0.15) is 0 Å². The summed E-state index contributed by atoms with van der Waals surface area (Å²) in [6, 6.07) is 5.35. The predicted molar refractivity (Wildman–Crippen MR) is 157 cm³/mol. The minimum absolute atomic E-state index is 0.0357. The van der Waals surface area contributed by atoms with E-state index in [1.54, 1.807) is 6.07 Å². The predicted octanol–water partition coefficient (Wildman–Crippen LogP) is 3.75. The Morgan fingerprint density at radius 2 is 1.93 bits per heavy atom. The van der Waals surface area contributed by atoms with E-state index in [0.717, 1.165) is 37.7 Å². The Labute approximate surface area is 251 Å². The number of cyclic esters (lactones) is 1. The number of nitrogens with zero attached hydrogens (tertiary/aromatic N) is 1. The number of aliphatic carboxylic acids is 1. The second-order valence-corrected chi connectivity index (χ2v) is 11.5. The molecule has 1 saturated carbocycles. The first-order valence-electron chi connectivity index (χ1n) is 15.2. The van der Waals surface area contributed by atoms with Crippen LogP contribution in [0.4, 0.5) is 15.3 Å². The van der Waals surface area contributed by atoms with Crippen molar-refractivity contribution in [1.82, 2.24) is 15.5 Å². The first-order valence-corrected chi connectivity index (χ1v) is 15.2. The average molecular weight is 599 g/mol. The van der Waals surface area contributed by atoms with Crippen LogP contribution in [0.5, 0.6) is 0 Å². The summed E-state index contributed by atoms with van der Waals surface area (Å²) in [6.07, 6.45) is 5.11. The van der Waals surface area contributed by atoms with Crippen molar-refractivity contribution < 1.29 is 38.6 Å². The van der Waals surface area contributed by atoms with E-state index in [1.807, 2.05) is 25.1 Å². The third-order valence-corrected chi connectivity index (χ3v) is 8.41. The van der Waals surface area contributed by atoms with Gasteiger partial charge in [0.1, 0.15) is 23.7 Å². The maximum Gasteiger partial charge on any atom is 0.411 e. The van der Waals surface area contributed by atoms with Crippen LogP contribution in [0.2, 0.25) is 0 Å². The molecule has 2 fully saturated rings. The molecule has 4 rings (SSSR count). The maximum atomic E-state index is 13.9. The van der Waals surface area contributed by atoms with Gasteiger partial charge in [0.2, 0.25) is 11.8 Å². The molecule has 5 atom stereocenters. The lowest BCUT2D eigenvalue weighted by Gasteiger charge is -2.29. The minimum Gasteiger partial charge on any atom is -0.479 e. The van der Waals surface area contributed by atoms with E-state index in [2.05, 4.69) is 22.5 Å². The van der Waals surface area contributed by atoms with Crippen molar-refractivity contribution in [1.29, 1.82) is 0 Å². The molecule has 1 aliphatic carbocycles. The van der Waals surface area contributed by atoms with E-state index < -0.39 is 59.6 Å². The third-order valence-electron chi connectivity index (χ3n) is 8.41. The van der Waals surface area contributed by atoms with E-state index in [-0.39, 0.29) is 26.0 Å².